The Labute approximate surface area is 218 Å². The third-order valence-electron chi connectivity index (χ3n) is 6.59. The molecule has 0 radical (unpaired) electrons. The summed E-state index contributed by atoms with van der Waals surface area (Å²) in [6.07, 6.45) is 3.71. The molecule has 0 bridgehead atoms. The summed E-state index contributed by atoms with van der Waals surface area (Å²) in [5, 5.41) is 1.22. The van der Waals surface area contributed by atoms with Crippen LogP contribution in [0.2, 0.25) is 15.1 Å². The van der Waals surface area contributed by atoms with E-state index in [0.29, 0.717) is 80.5 Å². The molecular weight excluding hydrogens is 511 g/mol. The lowest BCUT2D eigenvalue weighted by molar-refractivity contribution is -0.117. The molecule has 0 fully saturated rings. The maximum atomic E-state index is 13.0. The number of ether oxygens (including phenoxy) is 3. The third-order valence-corrected chi connectivity index (χ3v) is 7.61. The zero-order valence-corrected chi connectivity index (χ0v) is 21.4. The molecule has 0 saturated heterocycles. The lowest BCUT2D eigenvalue weighted by Crippen LogP contribution is -2.30. The number of methoxy groups -OCH3 is 1. The number of ketones is 2. The van der Waals surface area contributed by atoms with Crippen LogP contribution in [0.15, 0.2) is 53.0 Å². The van der Waals surface area contributed by atoms with Gasteiger partial charge in [-0.25, -0.2) is 0 Å². The minimum Gasteiger partial charge on any atom is -0.493 e. The molecule has 1 heterocycles. The van der Waals surface area contributed by atoms with Crippen LogP contribution in [0.3, 0.4) is 0 Å². The molecule has 182 valence electrons. The Balaban J connectivity index is 1.54. The quantitative estimate of drug-likeness (QED) is 0.402. The molecule has 3 aliphatic rings. The van der Waals surface area contributed by atoms with E-state index in [-0.39, 0.29) is 18.2 Å². The zero-order valence-electron chi connectivity index (χ0n) is 19.1. The van der Waals surface area contributed by atoms with Crippen LogP contribution in [0.25, 0.3) is 0 Å². The number of benzene rings is 2. The smallest absolute Gasteiger partial charge is 0.180 e. The van der Waals surface area contributed by atoms with E-state index in [0.717, 1.165) is 18.4 Å². The molecule has 0 atom stereocenters. The predicted octanol–water partition coefficient (Wildman–Crippen LogP) is 7.36. The van der Waals surface area contributed by atoms with E-state index in [4.69, 9.17) is 49.0 Å². The molecule has 2 aromatic carbocycles. The zero-order chi connectivity index (χ0) is 24.7. The second-order valence-corrected chi connectivity index (χ2v) is 10.1. The fourth-order valence-corrected chi connectivity index (χ4v) is 5.58. The molecule has 35 heavy (non-hydrogen) atoms. The summed E-state index contributed by atoms with van der Waals surface area (Å²) < 4.78 is 17.7. The van der Waals surface area contributed by atoms with Gasteiger partial charge in [-0.3, -0.25) is 9.59 Å². The number of allylic oxidation sites excluding steroid dienone is 4. The van der Waals surface area contributed by atoms with Gasteiger partial charge in [-0.05, 0) is 48.2 Å². The molecule has 0 amide bonds. The van der Waals surface area contributed by atoms with Crippen molar-refractivity contribution in [3.63, 3.8) is 0 Å². The van der Waals surface area contributed by atoms with Crippen LogP contribution < -0.4 is 9.47 Å². The van der Waals surface area contributed by atoms with Crippen molar-refractivity contribution in [3.05, 3.63) is 79.2 Å². The summed E-state index contributed by atoms with van der Waals surface area (Å²) in [7, 11) is 1.53. The summed E-state index contributed by atoms with van der Waals surface area (Å²) in [6.45, 7) is 0.200. The van der Waals surface area contributed by atoms with Gasteiger partial charge in [0.1, 0.15) is 18.1 Å². The molecule has 8 heteroatoms. The first-order chi connectivity index (χ1) is 16.9. The second-order valence-electron chi connectivity index (χ2n) is 8.83. The fourth-order valence-electron chi connectivity index (χ4n) is 4.98. The summed E-state index contributed by atoms with van der Waals surface area (Å²) in [5.74, 6) is 1.63. The number of rotatable bonds is 5. The highest BCUT2D eigenvalue weighted by molar-refractivity contribution is 6.42. The molecule has 2 aromatic rings. The average molecular weight is 534 g/mol. The van der Waals surface area contributed by atoms with Gasteiger partial charge in [0.25, 0.3) is 0 Å². The highest BCUT2D eigenvalue weighted by Gasteiger charge is 2.42. The molecule has 0 N–H and O–H groups in total. The van der Waals surface area contributed by atoms with Crippen molar-refractivity contribution in [1.82, 2.24) is 0 Å². The molecule has 2 aliphatic carbocycles. The van der Waals surface area contributed by atoms with Gasteiger partial charge < -0.3 is 14.2 Å². The van der Waals surface area contributed by atoms with Crippen molar-refractivity contribution in [2.75, 3.05) is 7.11 Å². The molecule has 0 unspecified atom stereocenters. The number of carbonyl (C=O) groups excluding carboxylic acids is 2. The predicted molar refractivity (Wildman–Crippen MR) is 134 cm³/mol. The number of Topliss-reactive ketones (excluding diaryl/α,β-unsaturated/α-hetero) is 2. The van der Waals surface area contributed by atoms with E-state index < -0.39 is 5.92 Å². The Morgan fingerprint density at radius 2 is 1.51 bits per heavy atom. The van der Waals surface area contributed by atoms with Gasteiger partial charge in [-0.1, -0.05) is 40.9 Å². The molecule has 5 nitrogen and oxygen atoms in total. The van der Waals surface area contributed by atoms with Gasteiger partial charge >= 0.3 is 0 Å². The molecule has 0 saturated carbocycles. The molecular formula is C27H23Cl3O5. The van der Waals surface area contributed by atoms with E-state index in [1.165, 1.54) is 7.11 Å². The van der Waals surface area contributed by atoms with Crippen molar-refractivity contribution < 1.29 is 23.8 Å². The fraction of sp³-hybridized carbons (Fsp3) is 0.333. The van der Waals surface area contributed by atoms with E-state index in [9.17, 15) is 9.59 Å². The van der Waals surface area contributed by atoms with Gasteiger partial charge in [0.15, 0.2) is 23.1 Å². The normalized spacial score (nSPS) is 18.3. The van der Waals surface area contributed by atoms with Gasteiger partial charge in [-0.2, -0.15) is 0 Å². The van der Waals surface area contributed by atoms with Crippen molar-refractivity contribution >= 4 is 46.4 Å². The van der Waals surface area contributed by atoms with E-state index >= 15 is 0 Å². The third kappa shape index (κ3) is 4.57. The first kappa shape index (κ1) is 24.2. The maximum absolute atomic E-state index is 13.0. The molecule has 5 rings (SSSR count). The van der Waals surface area contributed by atoms with Crippen LogP contribution in [0.4, 0.5) is 0 Å². The minimum atomic E-state index is -0.523. The summed E-state index contributed by atoms with van der Waals surface area (Å²) in [4.78, 5) is 26.1. The van der Waals surface area contributed by atoms with Crippen LogP contribution in [0.1, 0.15) is 55.6 Å². The lowest BCUT2D eigenvalue weighted by atomic mass is 9.73. The summed E-state index contributed by atoms with van der Waals surface area (Å²) in [5.41, 5.74) is 2.65. The minimum absolute atomic E-state index is 0.0104. The van der Waals surface area contributed by atoms with Gasteiger partial charge in [-0.15, -0.1) is 0 Å². The number of halogens is 3. The Hall–Kier alpha value is -2.47. The largest absolute Gasteiger partial charge is 0.493 e. The van der Waals surface area contributed by atoms with Crippen LogP contribution in [-0.2, 0) is 20.9 Å². The summed E-state index contributed by atoms with van der Waals surface area (Å²) >= 11 is 18.8. The number of carbonyl (C=O) groups is 2. The van der Waals surface area contributed by atoms with Crippen LogP contribution >= 0.6 is 34.8 Å². The van der Waals surface area contributed by atoms with Crippen molar-refractivity contribution in [3.8, 4) is 11.5 Å². The SMILES string of the molecule is COc1cc(C2C3=C(CCCC3=O)OC3=C2C(=O)CCC3)cc(Cl)c1OCc1ccc(Cl)c(Cl)c1. The molecule has 1 aliphatic heterocycles. The molecule has 0 spiro atoms. The van der Waals surface area contributed by atoms with Crippen molar-refractivity contribution in [1.29, 1.82) is 0 Å². The lowest BCUT2D eigenvalue weighted by Gasteiger charge is -2.36. The molecule has 0 aromatic heterocycles. The van der Waals surface area contributed by atoms with Crippen molar-refractivity contribution in [2.24, 2.45) is 0 Å². The first-order valence-corrected chi connectivity index (χ1v) is 12.6. The van der Waals surface area contributed by atoms with Crippen LogP contribution in [0, 0.1) is 0 Å². The standard InChI is InChI=1S/C27H23Cl3O5/c1-33-23-12-15(11-18(30)27(23)34-13-14-8-9-16(28)17(29)10-14)24-25-19(31)4-2-6-21(25)35-22-7-3-5-20(32)26(22)24/h8-12,24H,2-7,13H2,1H3. The topological polar surface area (TPSA) is 61.8 Å². The highest BCUT2D eigenvalue weighted by atomic mass is 35.5. The maximum Gasteiger partial charge on any atom is 0.180 e. The van der Waals surface area contributed by atoms with E-state index in [1.807, 2.05) is 6.07 Å². The van der Waals surface area contributed by atoms with Crippen LogP contribution in [0.5, 0.6) is 11.5 Å². The number of hydrogen-bond acceptors (Lipinski definition) is 5. The first-order valence-electron chi connectivity index (χ1n) is 11.5. The van der Waals surface area contributed by atoms with Crippen molar-refractivity contribution in [2.45, 2.75) is 51.0 Å². The Bertz CT molecular complexity index is 1250. The van der Waals surface area contributed by atoms with E-state index in [2.05, 4.69) is 0 Å². The Morgan fingerprint density at radius 3 is 2.11 bits per heavy atom. The highest BCUT2D eigenvalue weighted by Crippen LogP contribution is 2.50. The van der Waals surface area contributed by atoms with Gasteiger partial charge in [0.05, 0.1) is 22.2 Å². The average Bonchev–Trinajstić information content (AvgIpc) is 2.84. The van der Waals surface area contributed by atoms with E-state index in [1.54, 1.807) is 24.3 Å². The van der Waals surface area contributed by atoms with Gasteiger partial charge in [0, 0.05) is 42.7 Å². The van der Waals surface area contributed by atoms with Gasteiger partial charge in [0.2, 0.25) is 0 Å². The van der Waals surface area contributed by atoms with Crippen LogP contribution in [-0.4, -0.2) is 18.7 Å². The summed E-state index contributed by atoms with van der Waals surface area (Å²) in [6, 6.07) is 8.80. The number of hydrogen-bond donors (Lipinski definition) is 0. The monoisotopic (exact) mass is 532 g/mol. The second kappa shape index (κ2) is 9.88. The Morgan fingerprint density at radius 1 is 0.857 bits per heavy atom. The Kier molecular flexibility index (Phi) is 6.84.